The van der Waals surface area contributed by atoms with E-state index in [2.05, 4.69) is 6.07 Å². The molecule has 0 aliphatic heterocycles. The number of Topliss-reactive ketones (excluding diaryl/α,β-unsaturated/α-hetero) is 1. The van der Waals surface area contributed by atoms with Crippen molar-refractivity contribution < 1.29 is 19.1 Å². The molecule has 0 spiro atoms. The van der Waals surface area contributed by atoms with Gasteiger partial charge < -0.3 is 9.47 Å². The number of carbonyl (C=O) groups is 2. The first kappa shape index (κ1) is 19.8. The minimum absolute atomic E-state index is 0.249. The van der Waals surface area contributed by atoms with Gasteiger partial charge in [-0.1, -0.05) is 66.7 Å². The van der Waals surface area contributed by atoms with Crippen molar-refractivity contribution in [2.24, 2.45) is 0 Å². The molecule has 0 aromatic heterocycles. The van der Waals surface area contributed by atoms with Crippen LogP contribution in [0.4, 0.5) is 0 Å². The molecule has 0 saturated heterocycles. The summed E-state index contributed by atoms with van der Waals surface area (Å²) in [5, 5.41) is 5.42. The molecule has 0 bridgehead atoms. The van der Waals surface area contributed by atoms with E-state index in [1.807, 2.05) is 72.8 Å². The molecule has 0 atom stereocenters. The Hall–Kier alpha value is -4.18. The Morgan fingerprint density at radius 2 is 1.31 bits per heavy atom. The average molecular weight is 420 g/mol. The van der Waals surface area contributed by atoms with E-state index in [0.29, 0.717) is 11.1 Å². The maximum atomic E-state index is 13.1. The van der Waals surface area contributed by atoms with Gasteiger partial charge in [0.15, 0.2) is 12.4 Å². The van der Waals surface area contributed by atoms with Crippen LogP contribution in [0.5, 0.6) is 5.75 Å². The Labute approximate surface area is 185 Å². The first-order valence-corrected chi connectivity index (χ1v) is 10.3. The highest BCUT2D eigenvalue weighted by atomic mass is 16.5. The molecule has 32 heavy (non-hydrogen) atoms. The molecule has 0 N–H and O–H groups in total. The second kappa shape index (κ2) is 8.16. The number of methoxy groups -OCH3 is 1. The molecule has 0 aliphatic rings. The number of fused-ring (bicyclic) bond motifs is 3. The number of ether oxygens (including phenoxy) is 2. The van der Waals surface area contributed by atoms with Gasteiger partial charge >= 0.3 is 5.97 Å². The molecule has 0 aliphatic carbocycles. The molecule has 0 fully saturated rings. The molecule has 5 aromatic carbocycles. The van der Waals surface area contributed by atoms with E-state index in [1.54, 1.807) is 19.2 Å². The molecule has 0 unspecified atom stereocenters. The summed E-state index contributed by atoms with van der Waals surface area (Å²) in [5.41, 5.74) is 0.982. The molecule has 0 heterocycles. The zero-order valence-electron chi connectivity index (χ0n) is 17.5. The Morgan fingerprint density at radius 1 is 0.688 bits per heavy atom. The van der Waals surface area contributed by atoms with E-state index in [4.69, 9.17) is 9.47 Å². The third-order valence-electron chi connectivity index (χ3n) is 5.68. The first-order chi connectivity index (χ1) is 15.6. The highest BCUT2D eigenvalue weighted by Gasteiger charge is 2.18. The van der Waals surface area contributed by atoms with Crippen molar-refractivity contribution in [2.45, 2.75) is 0 Å². The zero-order valence-corrected chi connectivity index (χ0v) is 17.5. The molecule has 5 aromatic rings. The van der Waals surface area contributed by atoms with Crippen molar-refractivity contribution in [1.29, 1.82) is 0 Å². The van der Waals surface area contributed by atoms with Crippen LogP contribution in [0, 0.1) is 0 Å². The van der Waals surface area contributed by atoms with Crippen molar-refractivity contribution in [1.82, 2.24) is 0 Å². The molecule has 5 rings (SSSR count). The third kappa shape index (κ3) is 3.56. The van der Waals surface area contributed by atoms with Gasteiger partial charge in [0, 0.05) is 5.56 Å². The van der Waals surface area contributed by atoms with Gasteiger partial charge in [-0.05, 0) is 56.6 Å². The molecule has 0 saturated carbocycles. The second-order valence-corrected chi connectivity index (χ2v) is 7.62. The normalized spacial score (nSPS) is 11.0. The summed E-state index contributed by atoms with van der Waals surface area (Å²) in [6, 6.07) is 28.5. The van der Waals surface area contributed by atoms with Crippen LogP contribution in [0.1, 0.15) is 20.7 Å². The minimum atomic E-state index is -0.503. The van der Waals surface area contributed by atoms with Crippen LogP contribution in [0.15, 0.2) is 91.0 Å². The molecule has 4 heteroatoms. The fourth-order valence-corrected chi connectivity index (χ4v) is 4.04. The van der Waals surface area contributed by atoms with Crippen molar-refractivity contribution in [2.75, 3.05) is 13.7 Å². The number of esters is 1. The predicted molar refractivity (Wildman–Crippen MR) is 127 cm³/mol. The smallest absolute Gasteiger partial charge is 0.339 e. The Bertz CT molecular complexity index is 1450. The topological polar surface area (TPSA) is 52.6 Å². The Balaban J connectivity index is 1.43. The van der Waals surface area contributed by atoms with Crippen molar-refractivity contribution in [3.05, 3.63) is 102 Å². The van der Waals surface area contributed by atoms with Gasteiger partial charge in [0.1, 0.15) is 5.75 Å². The van der Waals surface area contributed by atoms with E-state index < -0.39 is 5.97 Å². The van der Waals surface area contributed by atoms with Crippen molar-refractivity contribution >= 4 is 44.1 Å². The van der Waals surface area contributed by atoms with Crippen LogP contribution < -0.4 is 4.74 Å². The highest BCUT2D eigenvalue weighted by molar-refractivity contribution is 6.17. The fourth-order valence-electron chi connectivity index (χ4n) is 4.04. The molecular weight excluding hydrogens is 400 g/mol. The lowest BCUT2D eigenvalue weighted by Gasteiger charge is -2.11. The van der Waals surface area contributed by atoms with Gasteiger partial charge in [-0.25, -0.2) is 4.79 Å². The first-order valence-electron chi connectivity index (χ1n) is 10.3. The SMILES string of the molecule is COc1ccc2cc(C(=O)COC(=O)c3c4ccccc4cc4ccccc34)ccc2c1. The molecular formula is C28H20O4. The van der Waals surface area contributed by atoms with E-state index in [0.717, 1.165) is 38.1 Å². The lowest BCUT2D eigenvalue weighted by molar-refractivity contribution is 0.0478. The lowest BCUT2D eigenvalue weighted by Crippen LogP contribution is -2.15. The maximum absolute atomic E-state index is 13.1. The molecule has 4 nitrogen and oxygen atoms in total. The summed E-state index contributed by atoms with van der Waals surface area (Å²) < 4.78 is 10.7. The van der Waals surface area contributed by atoms with Crippen molar-refractivity contribution in [3.8, 4) is 5.75 Å². The molecule has 0 radical (unpaired) electrons. The summed E-state index contributed by atoms with van der Waals surface area (Å²) in [6.45, 7) is -0.321. The number of benzene rings is 5. The van der Waals surface area contributed by atoms with Crippen LogP contribution in [0.25, 0.3) is 32.3 Å². The van der Waals surface area contributed by atoms with Gasteiger partial charge in [-0.2, -0.15) is 0 Å². The number of ketones is 1. The summed E-state index contributed by atoms with van der Waals surface area (Å²) in [4.78, 5) is 25.9. The number of rotatable bonds is 5. The third-order valence-corrected chi connectivity index (χ3v) is 5.68. The number of hydrogen-bond acceptors (Lipinski definition) is 4. The quantitative estimate of drug-likeness (QED) is 0.193. The van der Waals surface area contributed by atoms with Gasteiger partial charge in [-0.3, -0.25) is 4.79 Å². The summed E-state index contributed by atoms with van der Waals surface area (Å²) in [5.74, 6) is 0.00491. The monoisotopic (exact) mass is 420 g/mol. The van der Waals surface area contributed by atoms with Crippen LogP contribution in [0.2, 0.25) is 0 Å². The molecule has 0 amide bonds. The van der Waals surface area contributed by atoms with Gasteiger partial charge in [-0.15, -0.1) is 0 Å². The Morgan fingerprint density at radius 3 is 2.00 bits per heavy atom. The van der Waals surface area contributed by atoms with Gasteiger partial charge in [0.25, 0.3) is 0 Å². The summed E-state index contributed by atoms with van der Waals surface area (Å²) in [6.07, 6.45) is 0. The van der Waals surface area contributed by atoms with Crippen LogP contribution in [0.3, 0.4) is 0 Å². The fraction of sp³-hybridized carbons (Fsp3) is 0.0714. The average Bonchev–Trinajstić information content (AvgIpc) is 2.84. The van der Waals surface area contributed by atoms with Crippen LogP contribution in [-0.2, 0) is 4.74 Å². The van der Waals surface area contributed by atoms with E-state index in [9.17, 15) is 9.59 Å². The minimum Gasteiger partial charge on any atom is -0.497 e. The Kier molecular flexibility index (Phi) is 5.04. The van der Waals surface area contributed by atoms with E-state index in [-0.39, 0.29) is 12.4 Å². The maximum Gasteiger partial charge on any atom is 0.339 e. The highest BCUT2D eigenvalue weighted by Crippen LogP contribution is 2.29. The van der Waals surface area contributed by atoms with Crippen LogP contribution in [-0.4, -0.2) is 25.5 Å². The molecule has 156 valence electrons. The van der Waals surface area contributed by atoms with Gasteiger partial charge in [0.05, 0.1) is 12.7 Å². The number of hydrogen-bond donors (Lipinski definition) is 0. The standard InChI is InChI=1S/C28H20O4/c1-31-23-13-12-18-14-22(11-10-19(18)16-23)26(29)17-32-28(30)27-24-8-4-2-6-20(24)15-21-7-3-5-9-25(21)27/h2-16H,17H2,1H3. The summed E-state index contributed by atoms with van der Waals surface area (Å²) >= 11 is 0. The summed E-state index contributed by atoms with van der Waals surface area (Å²) in [7, 11) is 1.62. The van der Waals surface area contributed by atoms with E-state index in [1.165, 1.54) is 0 Å². The zero-order chi connectivity index (χ0) is 22.1. The van der Waals surface area contributed by atoms with Crippen LogP contribution >= 0.6 is 0 Å². The second-order valence-electron chi connectivity index (χ2n) is 7.62. The van der Waals surface area contributed by atoms with E-state index >= 15 is 0 Å². The number of carbonyl (C=O) groups excluding carboxylic acids is 2. The van der Waals surface area contributed by atoms with Gasteiger partial charge in [0.2, 0.25) is 0 Å². The predicted octanol–water partition coefficient (Wildman–Crippen LogP) is 6.19. The largest absolute Gasteiger partial charge is 0.497 e. The lowest BCUT2D eigenvalue weighted by atomic mass is 9.97. The van der Waals surface area contributed by atoms with Crippen molar-refractivity contribution in [3.63, 3.8) is 0 Å².